The quantitative estimate of drug-likeness (QED) is 0.416. The molecule has 1 aromatic carbocycles. The van der Waals surface area contributed by atoms with Crippen molar-refractivity contribution in [2.75, 3.05) is 27.2 Å². The number of fused-ring (bicyclic) bond motifs is 2. The van der Waals surface area contributed by atoms with Gasteiger partial charge in [-0.15, -0.1) is 0 Å². The van der Waals surface area contributed by atoms with Crippen LogP contribution in [0.3, 0.4) is 0 Å². The van der Waals surface area contributed by atoms with Gasteiger partial charge in [-0.05, 0) is 60.0 Å². The van der Waals surface area contributed by atoms with Crippen LogP contribution in [0.5, 0.6) is 0 Å². The van der Waals surface area contributed by atoms with Gasteiger partial charge in [-0.1, -0.05) is 0 Å². The molecule has 1 aliphatic rings. The van der Waals surface area contributed by atoms with Gasteiger partial charge in [0, 0.05) is 62.5 Å². The van der Waals surface area contributed by atoms with Crippen LogP contribution in [-0.2, 0) is 6.54 Å². The van der Waals surface area contributed by atoms with E-state index >= 15 is 0 Å². The summed E-state index contributed by atoms with van der Waals surface area (Å²) in [4.78, 5) is 25.1. The zero-order valence-corrected chi connectivity index (χ0v) is 21.5. The number of carbonyl (C=O) groups excluding carboxylic acids is 1. The smallest absolute Gasteiger partial charge is 0.319 e. The summed E-state index contributed by atoms with van der Waals surface area (Å²) in [6.07, 6.45) is 5.35. The summed E-state index contributed by atoms with van der Waals surface area (Å²) in [5, 5.41) is 8.89. The van der Waals surface area contributed by atoms with Crippen LogP contribution < -0.4 is 5.32 Å². The molecule has 4 heterocycles. The topological polar surface area (TPSA) is 78.7 Å². The van der Waals surface area contributed by atoms with E-state index in [1.807, 2.05) is 22.4 Å². The molecule has 1 N–H and O–H groups in total. The SMILES string of the molecule is Cc1c(Br)c(CNC2CCN(C(=O)N(C)C)CC2)nc2c(-c3cnc4ccc(F)cc4c3)cnn12. The number of rotatable bonds is 4. The molecule has 5 rings (SSSR count). The minimum absolute atomic E-state index is 0.0631. The summed E-state index contributed by atoms with van der Waals surface area (Å²) in [5.41, 5.74) is 4.99. The highest BCUT2D eigenvalue weighted by Gasteiger charge is 2.24. The third kappa shape index (κ3) is 4.60. The molecule has 10 heteroatoms. The van der Waals surface area contributed by atoms with Crippen LogP contribution in [0.25, 0.3) is 27.7 Å². The molecule has 2 amide bonds. The van der Waals surface area contributed by atoms with E-state index in [2.05, 4.69) is 31.3 Å². The highest BCUT2D eigenvalue weighted by atomic mass is 79.9. The predicted molar refractivity (Wildman–Crippen MR) is 137 cm³/mol. The maximum Gasteiger partial charge on any atom is 0.319 e. The number of nitrogens with one attached hydrogen (secondary N) is 1. The fraction of sp³-hybridized carbons (Fsp3) is 0.360. The van der Waals surface area contributed by atoms with E-state index in [1.54, 1.807) is 37.5 Å². The molecule has 0 saturated carbocycles. The zero-order chi connectivity index (χ0) is 24.7. The first-order valence-corrected chi connectivity index (χ1v) is 12.4. The lowest BCUT2D eigenvalue weighted by Crippen LogP contribution is -2.48. The summed E-state index contributed by atoms with van der Waals surface area (Å²) in [5.74, 6) is -0.292. The minimum Gasteiger partial charge on any atom is -0.331 e. The van der Waals surface area contributed by atoms with Crippen molar-refractivity contribution >= 4 is 38.5 Å². The number of carbonyl (C=O) groups is 1. The van der Waals surface area contributed by atoms with Crippen LogP contribution in [0.2, 0.25) is 0 Å². The molecule has 8 nitrogen and oxygen atoms in total. The Hall–Kier alpha value is -3.11. The van der Waals surface area contributed by atoms with Crippen LogP contribution in [0.4, 0.5) is 9.18 Å². The number of nitrogens with zero attached hydrogens (tertiary/aromatic N) is 6. The molecule has 0 atom stereocenters. The van der Waals surface area contributed by atoms with Gasteiger partial charge < -0.3 is 15.1 Å². The number of benzene rings is 1. The number of aromatic nitrogens is 4. The first kappa shape index (κ1) is 23.6. The van der Waals surface area contributed by atoms with Gasteiger partial charge in [-0.25, -0.2) is 18.7 Å². The third-order valence-electron chi connectivity index (χ3n) is 6.53. The Morgan fingerprint density at radius 3 is 2.74 bits per heavy atom. The van der Waals surface area contributed by atoms with E-state index in [1.165, 1.54) is 12.1 Å². The molecule has 35 heavy (non-hydrogen) atoms. The van der Waals surface area contributed by atoms with Crippen LogP contribution >= 0.6 is 15.9 Å². The molecule has 1 saturated heterocycles. The van der Waals surface area contributed by atoms with Crippen molar-refractivity contribution in [3.8, 4) is 11.1 Å². The molecule has 0 unspecified atom stereocenters. The van der Waals surface area contributed by atoms with Gasteiger partial charge >= 0.3 is 6.03 Å². The molecule has 0 aliphatic carbocycles. The molecular weight excluding hydrogens is 513 g/mol. The average molecular weight is 540 g/mol. The van der Waals surface area contributed by atoms with E-state index < -0.39 is 0 Å². The predicted octanol–water partition coefficient (Wildman–Crippen LogP) is 4.39. The number of hydrogen-bond acceptors (Lipinski definition) is 5. The molecule has 3 aromatic heterocycles. The fourth-order valence-corrected chi connectivity index (χ4v) is 4.94. The van der Waals surface area contributed by atoms with Gasteiger partial charge in [0.2, 0.25) is 0 Å². The lowest BCUT2D eigenvalue weighted by atomic mass is 10.1. The number of piperidine rings is 1. The van der Waals surface area contributed by atoms with Crippen molar-refractivity contribution in [3.63, 3.8) is 0 Å². The van der Waals surface area contributed by atoms with Crippen LogP contribution in [0.15, 0.2) is 41.1 Å². The second-order valence-corrected chi connectivity index (χ2v) is 9.92. The normalized spacial score (nSPS) is 14.7. The molecule has 0 radical (unpaired) electrons. The van der Waals surface area contributed by atoms with E-state index in [0.29, 0.717) is 12.6 Å². The number of hydrogen-bond donors (Lipinski definition) is 1. The number of urea groups is 1. The van der Waals surface area contributed by atoms with Crippen molar-refractivity contribution in [2.24, 2.45) is 0 Å². The zero-order valence-electron chi connectivity index (χ0n) is 19.9. The molecular formula is C25H27BrFN7O. The summed E-state index contributed by atoms with van der Waals surface area (Å²) in [7, 11) is 3.57. The number of aryl methyl sites for hydroxylation is 1. The number of pyridine rings is 1. The number of likely N-dealkylation sites (tertiary alicyclic amines) is 1. The minimum atomic E-state index is -0.292. The van der Waals surface area contributed by atoms with Crippen LogP contribution in [0.1, 0.15) is 24.2 Å². The number of amides is 2. The number of halogens is 2. The third-order valence-corrected chi connectivity index (χ3v) is 7.57. The van der Waals surface area contributed by atoms with Gasteiger partial charge in [0.15, 0.2) is 5.65 Å². The van der Waals surface area contributed by atoms with Crippen LogP contribution in [-0.4, -0.2) is 68.6 Å². The highest BCUT2D eigenvalue weighted by molar-refractivity contribution is 9.10. The summed E-state index contributed by atoms with van der Waals surface area (Å²) in [6, 6.07) is 6.87. The second kappa shape index (κ2) is 9.50. The molecule has 1 aliphatic heterocycles. The monoisotopic (exact) mass is 539 g/mol. The molecule has 0 spiro atoms. The van der Waals surface area contributed by atoms with Crippen LogP contribution in [0, 0.1) is 12.7 Å². The maximum atomic E-state index is 13.8. The van der Waals surface area contributed by atoms with Gasteiger partial charge in [0.25, 0.3) is 0 Å². The van der Waals surface area contributed by atoms with E-state index in [4.69, 9.17) is 4.98 Å². The van der Waals surface area contributed by atoms with Crippen molar-refractivity contribution in [3.05, 3.63) is 58.3 Å². The van der Waals surface area contributed by atoms with Crippen molar-refractivity contribution in [2.45, 2.75) is 32.4 Å². The Morgan fingerprint density at radius 1 is 1.23 bits per heavy atom. The van der Waals surface area contributed by atoms with E-state index in [-0.39, 0.29) is 11.8 Å². The Morgan fingerprint density at radius 2 is 2.00 bits per heavy atom. The molecule has 0 bridgehead atoms. The maximum absolute atomic E-state index is 13.8. The summed E-state index contributed by atoms with van der Waals surface area (Å²) >= 11 is 3.70. The lowest BCUT2D eigenvalue weighted by Gasteiger charge is -2.34. The standard InChI is InChI=1S/C25H27BrFN7O/c1-15-23(26)22(14-28-19-6-8-33(9-7-19)25(35)32(2)3)31-24-20(13-30-34(15)24)17-10-16-11-18(27)4-5-21(16)29-12-17/h4-5,10-13,19,28H,6-9,14H2,1-3H3. The molecule has 182 valence electrons. The average Bonchev–Trinajstić information content (AvgIpc) is 3.28. The largest absolute Gasteiger partial charge is 0.331 e. The Bertz CT molecular complexity index is 1410. The first-order valence-electron chi connectivity index (χ1n) is 11.6. The summed E-state index contributed by atoms with van der Waals surface area (Å²) in [6.45, 7) is 4.07. The van der Waals surface area contributed by atoms with Crippen molar-refractivity contribution in [1.82, 2.24) is 34.7 Å². The van der Waals surface area contributed by atoms with Gasteiger partial charge in [-0.2, -0.15) is 5.10 Å². The Labute approximate surface area is 211 Å². The van der Waals surface area contributed by atoms with Crippen molar-refractivity contribution < 1.29 is 9.18 Å². The molecule has 4 aromatic rings. The van der Waals surface area contributed by atoms with E-state index in [0.717, 1.165) is 69.5 Å². The van der Waals surface area contributed by atoms with E-state index in [9.17, 15) is 9.18 Å². The Kier molecular flexibility index (Phi) is 6.41. The summed E-state index contributed by atoms with van der Waals surface area (Å²) < 4.78 is 16.5. The molecule has 1 fully saturated rings. The lowest BCUT2D eigenvalue weighted by molar-refractivity contribution is 0.152. The van der Waals surface area contributed by atoms with Crippen molar-refractivity contribution in [1.29, 1.82) is 0 Å². The van der Waals surface area contributed by atoms with Gasteiger partial charge in [0.05, 0.1) is 27.6 Å². The van der Waals surface area contributed by atoms with Gasteiger partial charge in [-0.3, -0.25) is 4.98 Å². The Balaban J connectivity index is 1.38. The second-order valence-electron chi connectivity index (χ2n) is 9.13. The van der Waals surface area contributed by atoms with Gasteiger partial charge in [0.1, 0.15) is 5.82 Å². The fourth-order valence-electron chi connectivity index (χ4n) is 4.54. The highest BCUT2D eigenvalue weighted by Crippen LogP contribution is 2.29. The first-order chi connectivity index (χ1) is 16.8.